The van der Waals surface area contributed by atoms with Crippen molar-refractivity contribution in [2.45, 2.75) is 37.7 Å². The maximum Gasteiger partial charge on any atom is 0.415 e. The lowest BCUT2D eigenvalue weighted by Crippen LogP contribution is -2.37. The van der Waals surface area contributed by atoms with Gasteiger partial charge in [-0.1, -0.05) is 48.0 Å². The maximum atomic E-state index is 12.7. The fraction of sp³-hybridized carbons (Fsp3) is 0.391. The molecule has 1 spiro atoms. The number of hydrogen-bond acceptors (Lipinski definition) is 3. The number of hydrogen-bond donors (Lipinski definition) is 0. The Bertz CT molecular complexity index is 889. The molecule has 5 nitrogen and oxygen atoms in total. The summed E-state index contributed by atoms with van der Waals surface area (Å²) in [4.78, 5) is 28.8. The van der Waals surface area contributed by atoms with Crippen LogP contribution in [0.25, 0.3) is 0 Å². The predicted octanol–water partition coefficient (Wildman–Crippen LogP) is 4.68. The van der Waals surface area contributed by atoms with Crippen LogP contribution in [0.15, 0.2) is 54.6 Å². The van der Waals surface area contributed by atoms with Crippen molar-refractivity contribution in [3.63, 3.8) is 0 Å². The van der Waals surface area contributed by atoms with Crippen LogP contribution in [0.5, 0.6) is 0 Å². The largest absolute Gasteiger partial charge is 0.441 e. The molecule has 0 radical (unpaired) electrons. The van der Waals surface area contributed by atoms with E-state index in [1.54, 1.807) is 17.0 Å². The summed E-state index contributed by atoms with van der Waals surface area (Å²) in [7, 11) is 0. The number of nitrogens with zero attached hydrogens (tertiary/aromatic N) is 2. The average molecular weight is 413 g/mol. The summed E-state index contributed by atoms with van der Waals surface area (Å²) in [6.07, 6.45) is 3.17. The topological polar surface area (TPSA) is 49.9 Å². The lowest BCUT2D eigenvalue weighted by molar-refractivity contribution is -0.131. The minimum absolute atomic E-state index is 0.168. The molecule has 2 saturated heterocycles. The van der Waals surface area contributed by atoms with E-state index in [4.69, 9.17) is 16.3 Å². The van der Waals surface area contributed by atoms with Crippen molar-refractivity contribution >= 4 is 29.3 Å². The summed E-state index contributed by atoms with van der Waals surface area (Å²) in [6, 6.07) is 17.3. The highest BCUT2D eigenvalue weighted by atomic mass is 35.5. The van der Waals surface area contributed by atoms with Crippen molar-refractivity contribution in [1.29, 1.82) is 0 Å². The van der Waals surface area contributed by atoms with E-state index in [1.165, 1.54) is 5.56 Å². The van der Waals surface area contributed by atoms with Gasteiger partial charge in [-0.3, -0.25) is 9.69 Å². The summed E-state index contributed by atoms with van der Waals surface area (Å²) in [5.41, 5.74) is 1.39. The number of ether oxygens (including phenoxy) is 1. The van der Waals surface area contributed by atoms with Gasteiger partial charge in [0.15, 0.2) is 0 Å². The van der Waals surface area contributed by atoms with Crippen LogP contribution in [0, 0.1) is 0 Å². The highest BCUT2D eigenvalue weighted by molar-refractivity contribution is 6.30. The molecule has 2 aromatic rings. The van der Waals surface area contributed by atoms with E-state index < -0.39 is 5.60 Å². The molecular formula is C23H25ClN2O3. The van der Waals surface area contributed by atoms with Gasteiger partial charge in [-0.25, -0.2) is 4.79 Å². The van der Waals surface area contributed by atoms with Gasteiger partial charge in [0, 0.05) is 36.6 Å². The van der Waals surface area contributed by atoms with E-state index in [1.807, 2.05) is 47.4 Å². The molecule has 0 aliphatic carbocycles. The molecule has 152 valence electrons. The van der Waals surface area contributed by atoms with Gasteiger partial charge in [0.2, 0.25) is 5.91 Å². The van der Waals surface area contributed by atoms with Crippen LogP contribution in [0.2, 0.25) is 5.02 Å². The second-order valence-corrected chi connectivity index (χ2v) is 8.27. The van der Waals surface area contributed by atoms with Crippen molar-refractivity contribution in [2.24, 2.45) is 0 Å². The van der Waals surface area contributed by atoms with Crippen molar-refractivity contribution in [3.05, 3.63) is 65.2 Å². The maximum absolute atomic E-state index is 12.7. The Labute approximate surface area is 176 Å². The Balaban J connectivity index is 1.37. The van der Waals surface area contributed by atoms with Crippen molar-refractivity contribution < 1.29 is 14.3 Å². The monoisotopic (exact) mass is 412 g/mol. The number of likely N-dealkylation sites (tertiary alicyclic amines) is 1. The van der Waals surface area contributed by atoms with Crippen molar-refractivity contribution in [2.75, 3.05) is 24.5 Å². The first-order valence-electron chi connectivity index (χ1n) is 10.1. The van der Waals surface area contributed by atoms with Gasteiger partial charge >= 0.3 is 6.09 Å². The zero-order valence-electron chi connectivity index (χ0n) is 16.4. The molecule has 6 heteroatoms. The number of amides is 2. The first-order valence-corrected chi connectivity index (χ1v) is 10.5. The van der Waals surface area contributed by atoms with Crippen LogP contribution in [0.4, 0.5) is 10.5 Å². The van der Waals surface area contributed by atoms with Crippen LogP contribution < -0.4 is 4.90 Å². The first kappa shape index (κ1) is 19.8. The number of carbonyl (C=O) groups is 2. The normalized spacial score (nSPS) is 21.9. The highest BCUT2D eigenvalue weighted by Crippen LogP contribution is 2.36. The summed E-state index contributed by atoms with van der Waals surface area (Å²) < 4.78 is 5.84. The summed E-state index contributed by atoms with van der Waals surface area (Å²) in [6.45, 7) is 1.83. The molecule has 2 aliphatic rings. The quantitative estimate of drug-likeness (QED) is 0.732. The Morgan fingerprint density at radius 2 is 1.90 bits per heavy atom. The fourth-order valence-electron chi connectivity index (χ4n) is 4.20. The third-order valence-corrected chi connectivity index (χ3v) is 6.05. The molecule has 2 amide bonds. The Morgan fingerprint density at radius 1 is 1.07 bits per heavy atom. The van der Waals surface area contributed by atoms with Crippen LogP contribution in [-0.2, 0) is 16.0 Å². The molecule has 0 unspecified atom stereocenters. The van der Waals surface area contributed by atoms with Gasteiger partial charge in [0.25, 0.3) is 0 Å². The zero-order chi connectivity index (χ0) is 20.3. The minimum atomic E-state index is -0.534. The summed E-state index contributed by atoms with van der Waals surface area (Å²) in [5, 5.41) is 0.590. The van der Waals surface area contributed by atoms with E-state index >= 15 is 0 Å². The molecule has 4 rings (SSSR count). The number of anilines is 1. The first-order chi connectivity index (χ1) is 14.0. The minimum Gasteiger partial charge on any atom is -0.441 e. The number of halogens is 1. The van der Waals surface area contributed by atoms with Gasteiger partial charge in [0.05, 0.1) is 6.54 Å². The fourth-order valence-corrected chi connectivity index (χ4v) is 4.38. The van der Waals surface area contributed by atoms with Crippen LogP contribution in [0.1, 0.15) is 31.2 Å². The third-order valence-electron chi connectivity index (χ3n) is 5.81. The predicted molar refractivity (Wildman–Crippen MR) is 113 cm³/mol. The second-order valence-electron chi connectivity index (χ2n) is 7.84. The molecule has 2 heterocycles. The Kier molecular flexibility index (Phi) is 5.76. The van der Waals surface area contributed by atoms with Gasteiger partial charge in [-0.05, 0) is 43.0 Å². The van der Waals surface area contributed by atoms with Gasteiger partial charge in [-0.2, -0.15) is 0 Å². The molecule has 2 aliphatic heterocycles. The third kappa shape index (κ3) is 4.56. The number of benzene rings is 2. The van der Waals surface area contributed by atoms with E-state index in [0.29, 0.717) is 37.5 Å². The van der Waals surface area contributed by atoms with Crippen molar-refractivity contribution in [1.82, 2.24) is 4.90 Å². The highest BCUT2D eigenvalue weighted by Gasteiger charge is 2.46. The smallest absolute Gasteiger partial charge is 0.415 e. The van der Waals surface area contributed by atoms with Crippen molar-refractivity contribution in [3.8, 4) is 0 Å². The standard InChI is InChI=1S/C23H25ClN2O3/c24-19-8-4-9-20(16-19)26-17-23(29-22(26)28)12-5-14-25(15-13-23)21(27)11-10-18-6-2-1-3-7-18/h1-4,6-9,16H,5,10-15,17H2/t23-/m1/s1. The second kappa shape index (κ2) is 8.46. The molecule has 29 heavy (non-hydrogen) atoms. The molecule has 0 N–H and O–H groups in total. The van der Waals surface area contributed by atoms with Crippen LogP contribution in [0.3, 0.4) is 0 Å². The lowest BCUT2D eigenvalue weighted by atomic mass is 9.95. The molecule has 0 aromatic heterocycles. The van der Waals surface area contributed by atoms with E-state index in [0.717, 1.165) is 24.9 Å². The molecule has 1 atom stereocenters. The van der Waals surface area contributed by atoms with Crippen LogP contribution in [-0.4, -0.2) is 42.1 Å². The number of carbonyl (C=O) groups excluding carboxylic acids is 2. The SMILES string of the molecule is O=C(CCc1ccccc1)N1CCC[C@@]2(CC1)CN(c1cccc(Cl)c1)C(=O)O2. The average Bonchev–Trinajstić information content (AvgIpc) is 2.91. The molecule has 0 saturated carbocycles. The summed E-state index contributed by atoms with van der Waals surface area (Å²) in [5.74, 6) is 0.168. The zero-order valence-corrected chi connectivity index (χ0v) is 17.1. The Morgan fingerprint density at radius 3 is 2.69 bits per heavy atom. The van der Waals surface area contributed by atoms with Gasteiger partial charge in [-0.15, -0.1) is 0 Å². The lowest BCUT2D eigenvalue weighted by Gasteiger charge is -2.25. The molecule has 2 fully saturated rings. The van der Waals surface area contributed by atoms with E-state index in [2.05, 4.69) is 0 Å². The molecule has 0 bridgehead atoms. The summed E-state index contributed by atoms with van der Waals surface area (Å²) >= 11 is 6.08. The molecular weight excluding hydrogens is 388 g/mol. The van der Waals surface area contributed by atoms with Gasteiger partial charge < -0.3 is 9.64 Å². The Hall–Kier alpha value is -2.53. The van der Waals surface area contributed by atoms with Gasteiger partial charge in [0.1, 0.15) is 5.60 Å². The van der Waals surface area contributed by atoms with E-state index in [-0.39, 0.29) is 12.0 Å². The van der Waals surface area contributed by atoms with Crippen LogP contribution >= 0.6 is 11.6 Å². The van der Waals surface area contributed by atoms with E-state index in [9.17, 15) is 9.59 Å². The number of rotatable bonds is 4. The molecule has 2 aromatic carbocycles. The number of aryl methyl sites for hydroxylation is 1.